The number of nitrogens with zero attached hydrogens (tertiary/aromatic N) is 2. The van der Waals surface area contributed by atoms with Crippen LogP contribution in [0.1, 0.15) is 0 Å². The summed E-state index contributed by atoms with van der Waals surface area (Å²) in [6.45, 7) is 0. The van der Waals surface area contributed by atoms with Crippen LogP contribution in [0.5, 0.6) is 0 Å². The predicted molar refractivity (Wildman–Crippen MR) is 204 cm³/mol. The number of hydrogen-bond acceptors (Lipinski definition) is 3. The molecular formula is C46H26N2O. The van der Waals surface area contributed by atoms with Gasteiger partial charge in [0, 0.05) is 38.9 Å². The van der Waals surface area contributed by atoms with E-state index in [1.54, 1.807) is 0 Å². The van der Waals surface area contributed by atoms with Gasteiger partial charge in [0.05, 0.1) is 16.7 Å². The van der Waals surface area contributed by atoms with Crippen molar-refractivity contribution in [2.45, 2.75) is 0 Å². The lowest BCUT2D eigenvalue weighted by Gasteiger charge is -2.17. The zero-order valence-electron chi connectivity index (χ0n) is 26.3. The van der Waals surface area contributed by atoms with Crippen LogP contribution >= 0.6 is 0 Å². The molecule has 226 valence electrons. The van der Waals surface area contributed by atoms with E-state index in [0.717, 1.165) is 66.1 Å². The molecule has 0 atom stereocenters. The number of rotatable bonds is 3. The van der Waals surface area contributed by atoms with Crippen LogP contribution in [-0.2, 0) is 0 Å². The first-order valence-corrected chi connectivity index (χ1v) is 16.6. The van der Waals surface area contributed by atoms with Gasteiger partial charge in [-0.1, -0.05) is 127 Å². The summed E-state index contributed by atoms with van der Waals surface area (Å²) in [7, 11) is 0. The minimum atomic E-state index is 0.913. The summed E-state index contributed by atoms with van der Waals surface area (Å²) in [6, 6.07) is 54.3. The average Bonchev–Trinajstić information content (AvgIpc) is 3.56. The Morgan fingerprint density at radius 3 is 1.92 bits per heavy atom. The van der Waals surface area contributed by atoms with Crippen LogP contribution < -0.4 is 0 Å². The summed E-state index contributed by atoms with van der Waals surface area (Å²) in [5, 5.41) is 11.9. The number of benzene rings is 8. The highest BCUT2D eigenvalue weighted by molar-refractivity contribution is 6.27. The Labute approximate surface area is 281 Å². The van der Waals surface area contributed by atoms with E-state index in [4.69, 9.17) is 14.4 Å². The van der Waals surface area contributed by atoms with Gasteiger partial charge >= 0.3 is 0 Å². The van der Waals surface area contributed by atoms with Crippen molar-refractivity contribution in [3.05, 3.63) is 158 Å². The molecule has 3 heteroatoms. The molecule has 0 spiro atoms. The van der Waals surface area contributed by atoms with E-state index in [2.05, 4.69) is 133 Å². The molecule has 11 aromatic rings. The Bertz CT molecular complexity index is 3120. The number of furan rings is 1. The Kier molecular flexibility index (Phi) is 5.38. The summed E-state index contributed by atoms with van der Waals surface area (Å²) < 4.78 is 6.41. The molecule has 3 heterocycles. The summed E-state index contributed by atoms with van der Waals surface area (Å²) in [4.78, 5) is 9.92. The maximum Gasteiger partial charge on any atom is 0.143 e. The molecule has 0 radical (unpaired) electrons. The van der Waals surface area contributed by atoms with Gasteiger partial charge in [-0.2, -0.15) is 0 Å². The molecule has 0 fully saturated rings. The van der Waals surface area contributed by atoms with Crippen molar-refractivity contribution in [2.75, 3.05) is 0 Å². The third-order valence-corrected chi connectivity index (χ3v) is 10.3. The van der Waals surface area contributed by atoms with Crippen LogP contribution in [0.4, 0.5) is 0 Å². The first-order chi connectivity index (χ1) is 24.3. The molecule has 0 N–H and O–H groups in total. The maximum absolute atomic E-state index is 6.41. The van der Waals surface area contributed by atoms with Crippen molar-refractivity contribution in [1.29, 1.82) is 0 Å². The van der Waals surface area contributed by atoms with Crippen molar-refractivity contribution < 1.29 is 4.42 Å². The van der Waals surface area contributed by atoms with Gasteiger partial charge in [0.2, 0.25) is 0 Å². The van der Waals surface area contributed by atoms with Crippen molar-refractivity contribution in [3.63, 3.8) is 0 Å². The molecule has 3 nitrogen and oxygen atoms in total. The number of hydrogen-bond donors (Lipinski definition) is 0. The smallest absolute Gasteiger partial charge is 0.143 e. The highest BCUT2D eigenvalue weighted by Crippen LogP contribution is 2.43. The second-order valence-corrected chi connectivity index (χ2v) is 12.9. The van der Waals surface area contributed by atoms with Gasteiger partial charge < -0.3 is 4.42 Å². The summed E-state index contributed by atoms with van der Waals surface area (Å²) in [5.74, 6) is 0. The van der Waals surface area contributed by atoms with E-state index in [1.807, 2.05) is 24.4 Å². The second kappa shape index (κ2) is 9.96. The molecule has 0 bridgehead atoms. The maximum atomic E-state index is 6.41. The largest absolute Gasteiger partial charge is 0.455 e. The fourth-order valence-corrected chi connectivity index (χ4v) is 7.98. The molecule has 0 amide bonds. The number of para-hydroxylation sites is 2. The SMILES string of the molecule is c1cc(-c2ccc3ccc4c(-c5ccc6ccc7cccnc7c6n5)ccc5ccc2c3c54)cc(-c2cccc3c2oc2ccccc23)c1. The number of fused-ring (bicyclic) bond motifs is 6. The molecular weight excluding hydrogens is 597 g/mol. The lowest BCUT2D eigenvalue weighted by Crippen LogP contribution is -1.92. The van der Waals surface area contributed by atoms with Crippen molar-refractivity contribution >= 4 is 76.1 Å². The zero-order chi connectivity index (χ0) is 32.1. The second-order valence-electron chi connectivity index (χ2n) is 12.9. The molecule has 0 saturated carbocycles. The average molecular weight is 623 g/mol. The Balaban J connectivity index is 1.11. The van der Waals surface area contributed by atoms with Gasteiger partial charge in [-0.15, -0.1) is 0 Å². The molecule has 0 unspecified atom stereocenters. The summed E-state index contributed by atoms with van der Waals surface area (Å²) in [6.07, 6.45) is 1.85. The molecule has 0 saturated heterocycles. The number of aromatic nitrogens is 2. The zero-order valence-corrected chi connectivity index (χ0v) is 26.3. The fraction of sp³-hybridized carbons (Fsp3) is 0. The molecule has 11 rings (SSSR count). The molecule has 49 heavy (non-hydrogen) atoms. The Hall–Kier alpha value is -6.58. The first-order valence-electron chi connectivity index (χ1n) is 16.6. The summed E-state index contributed by atoms with van der Waals surface area (Å²) in [5.41, 5.74) is 10.4. The van der Waals surface area contributed by atoms with E-state index in [-0.39, 0.29) is 0 Å². The molecule has 0 aliphatic rings. The van der Waals surface area contributed by atoms with Crippen molar-refractivity contribution in [2.24, 2.45) is 0 Å². The fourth-order valence-electron chi connectivity index (χ4n) is 7.98. The van der Waals surface area contributed by atoms with E-state index in [1.165, 1.54) is 43.4 Å². The van der Waals surface area contributed by atoms with Crippen LogP contribution in [-0.4, -0.2) is 9.97 Å². The number of pyridine rings is 2. The van der Waals surface area contributed by atoms with Crippen molar-refractivity contribution in [3.8, 4) is 33.5 Å². The third kappa shape index (κ3) is 3.84. The lowest BCUT2D eigenvalue weighted by atomic mass is 9.87. The van der Waals surface area contributed by atoms with Gasteiger partial charge in [0.25, 0.3) is 0 Å². The lowest BCUT2D eigenvalue weighted by molar-refractivity contribution is 0.670. The minimum absolute atomic E-state index is 0.913. The topological polar surface area (TPSA) is 38.9 Å². The molecule has 3 aromatic heterocycles. The van der Waals surface area contributed by atoms with Gasteiger partial charge in [0.1, 0.15) is 11.2 Å². The van der Waals surface area contributed by atoms with Gasteiger partial charge in [0.15, 0.2) is 0 Å². The standard InChI is InChI=1S/C46H26N2O/c1-2-12-41-36(9-1)39-11-4-10-34(46(39)49-41)32-7-3-6-31(26-32)33-20-15-27-18-23-38-35(21-16-28-17-22-37(33)42(27)43(28)38)40-24-19-30-14-13-29-8-5-25-47-44(29)45(30)48-40/h1-26H. The Morgan fingerprint density at radius 2 is 1.06 bits per heavy atom. The highest BCUT2D eigenvalue weighted by Gasteiger charge is 2.17. The highest BCUT2D eigenvalue weighted by atomic mass is 16.3. The van der Waals surface area contributed by atoms with E-state index in [9.17, 15) is 0 Å². The normalized spacial score (nSPS) is 12.1. The van der Waals surface area contributed by atoms with E-state index < -0.39 is 0 Å². The monoisotopic (exact) mass is 622 g/mol. The molecule has 0 aliphatic heterocycles. The quantitative estimate of drug-likeness (QED) is 0.184. The molecule has 0 aliphatic carbocycles. The molecule has 8 aromatic carbocycles. The Morgan fingerprint density at radius 1 is 0.408 bits per heavy atom. The van der Waals surface area contributed by atoms with Gasteiger partial charge in [-0.25, -0.2) is 4.98 Å². The van der Waals surface area contributed by atoms with Crippen LogP contribution in [0.2, 0.25) is 0 Å². The van der Waals surface area contributed by atoms with Crippen LogP contribution in [0.15, 0.2) is 162 Å². The van der Waals surface area contributed by atoms with Crippen LogP contribution in [0, 0.1) is 0 Å². The van der Waals surface area contributed by atoms with Crippen molar-refractivity contribution in [1.82, 2.24) is 9.97 Å². The van der Waals surface area contributed by atoms with E-state index >= 15 is 0 Å². The minimum Gasteiger partial charge on any atom is -0.455 e. The predicted octanol–water partition coefficient (Wildman–Crippen LogP) is 12.6. The van der Waals surface area contributed by atoms with Crippen LogP contribution in [0.3, 0.4) is 0 Å². The first kappa shape index (κ1) is 26.5. The van der Waals surface area contributed by atoms with E-state index in [0.29, 0.717) is 0 Å². The third-order valence-electron chi connectivity index (χ3n) is 10.3. The summed E-state index contributed by atoms with van der Waals surface area (Å²) >= 11 is 0. The van der Waals surface area contributed by atoms with Gasteiger partial charge in [-0.05, 0) is 73.3 Å². The van der Waals surface area contributed by atoms with Gasteiger partial charge in [-0.3, -0.25) is 4.98 Å². The van der Waals surface area contributed by atoms with Crippen LogP contribution in [0.25, 0.3) is 110 Å².